The van der Waals surface area contributed by atoms with Gasteiger partial charge in [0.1, 0.15) is 5.75 Å². The number of anilines is 2. The number of aryl methyl sites for hydroxylation is 1. The van der Waals surface area contributed by atoms with Crippen LogP contribution in [0.25, 0.3) is 0 Å². The maximum absolute atomic E-state index is 13.3. The molecule has 2 amide bonds. The van der Waals surface area contributed by atoms with Gasteiger partial charge in [0.2, 0.25) is 5.91 Å². The van der Waals surface area contributed by atoms with Crippen molar-refractivity contribution in [2.24, 2.45) is 0 Å². The summed E-state index contributed by atoms with van der Waals surface area (Å²) in [7, 11) is -2.45. The van der Waals surface area contributed by atoms with E-state index in [1.807, 2.05) is 25.1 Å². The third kappa shape index (κ3) is 6.19. The van der Waals surface area contributed by atoms with Crippen LogP contribution in [-0.4, -0.2) is 40.4 Å². The minimum absolute atomic E-state index is 0.00283. The van der Waals surface area contributed by atoms with Gasteiger partial charge in [0.25, 0.3) is 15.9 Å². The SMILES string of the molecule is CCN(c1ccccc1)S(=O)(=O)c1ccc(OC)c(NC(=O)CCNC(=O)c2ccccc2C)c1. The lowest BCUT2D eigenvalue weighted by Gasteiger charge is -2.23. The van der Waals surface area contributed by atoms with E-state index in [0.29, 0.717) is 17.0 Å². The van der Waals surface area contributed by atoms with E-state index in [0.717, 1.165) is 5.56 Å². The number of nitrogens with zero attached hydrogens (tertiary/aromatic N) is 1. The molecule has 0 spiro atoms. The number of hydrogen-bond donors (Lipinski definition) is 2. The van der Waals surface area contributed by atoms with Gasteiger partial charge in [0.15, 0.2) is 0 Å². The zero-order chi connectivity index (χ0) is 25.4. The van der Waals surface area contributed by atoms with Crippen LogP contribution in [0.15, 0.2) is 77.7 Å². The van der Waals surface area contributed by atoms with Gasteiger partial charge >= 0.3 is 0 Å². The fourth-order valence-corrected chi connectivity index (χ4v) is 5.08. The number of carbonyl (C=O) groups is 2. The first-order chi connectivity index (χ1) is 16.8. The molecular formula is C26H29N3O5S. The zero-order valence-corrected chi connectivity index (χ0v) is 20.8. The van der Waals surface area contributed by atoms with Crippen LogP contribution in [-0.2, 0) is 14.8 Å². The van der Waals surface area contributed by atoms with Gasteiger partial charge in [-0.05, 0) is 55.8 Å². The van der Waals surface area contributed by atoms with Crippen molar-refractivity contribution < 1.29 is 22.7 Å². The summed E-state index contributed by atoms with van der Waals surface area (Å²) in [6.45, 7) is 3.95. The second kappa shape index (κ2) is 11.5. The summed E-state index contributed by atoms with van der Waals surface area (Å²) in [5.41, 5.74) is 2.16. The monoisotopic (exact) mass is 495 g/mol. The van der Waals surface area contributed by atoms with E-state index in [1.165, 1.54) is 29.6 Å². The molecule has 0 aliphatic carbocycles. The number of rotatable bonds is 10. The Morgan fingerprint density at radius 3 is 2.31 bits per heavy atom. The molecule has 2 N–H and O–H groups in total. The fourth-order valence-electron chi connectivity index (χ4n) is 3.58. The average Bonchev–Trinajstić information content (AvgIpc) is 2.85. The van der Waals surface area contributed by atoms with Crippen molar-refractivity contribution >= 4 is 33.2 Å². The number of ether oxygens (including phenoxy) is 1. The first kappa shape index (κ1) is 25.8. The summed E-state index contributed by atoms with van der Waals surface area (Å²) in [6.07, 6.45) is 0.00283. The van der Waals surface area contributed by atoms with E-state index in [1.54, 1.807) is 43.3 Å². The Morgan fingerprint density at radius 1 is 0.971 bits per heavy atom. The van der Waals surface area contributed by atoms with Crippen LogP contribution in [0.2, 0.25) is 0 Å². The summed E-state index contributed by atoms with van der Waals surface area (Å²) >= 11 is 0. The standard InChI is InChI=1S/C26H29N3O5S/c1-4-29(20-11-6-5-7-12-20)35(32,33)21-14-15-24(34-3)23(18-21)28-25(30)16-17-27-26(31)22-13-9-8-10-19(22)2/h5-15,18H,4,16-17H2,1-3H3,(H,27,31)(H,28,30). The highest BCUT2D eigenvalue weighted by Crippen LogP contribution is 2.30. The molecule has 3 rings (SSSR count). The smallest absolute Gasteiger partial charge is 0.264 e. The van der Waals surface area contributed by atoms with Crippen molar-refractivity contribution in [1.29, 1.82) is 0 Å². The van der Waals surface area contributed by atoms with Gasteiger partial charge in [0.05, 0.1) is 23.4 Å². The number of sulfonamides is 1. The van der Waals surface area contributed by atoms with Crippen LogP contribution >= 0.6 is 0 Å². The highest BCUT2D eigenvalue weighted by Gasteiger charge is 2.25. The molecule has 3 aromatic rings. The molecule has 0 aromatic heterocycles. The predicted octanol–water partition coefficient (Wildman–Crippen LogP) is 3.98. The second-order valence-electron chi connectivity index (χ2n) is 7.74. The Bertz CT molecular complexity index is 1290. The van der Waals surface area contributed by atoms with Gasteiger partial charge in [0, 0.05) is 25.1 Å². The molecule has 0 aliphatic rings. The minimum atomic E-state index is -3.88. The highest BCUT2D eigenvalue weighted by atomic mass is 32.2. The summed E-state index contributed by atoms with van der Waals surface area (Å²) in [5.74, 6) is -0.329. The summed E-state index contributed by atoms with van der Waals surface area (Å²) in [5, 5.41) is 5.43. The Hall–Kier alpha value is -3.85. The molecule has 3 aromatic carbocycles. The van der Waals surface area contributed by atoms with Crippen LogP contribution < -0.4 is 19.7 Å². The summed E-state index contributed by atoms with van der Waals surface area (Å²) < 4.78 is 33.3. The fraction of sp³-hybridized carbons (Fsp3) is 0.231. The van der Waals surface area contributed by atoms with Crippen molar-refractivity contribution in [3.05, 3.63) is 83.9 Å². The Kier molecular flexibility index (Phi) is 8.48. The van der Waals surface area contributed by atoms with Gasteiger partial charge < -0.3 is 15.4 Å². The molecule has 0 unspecified atom stereocenters. The molecule has 35 heavy (non-hydrogen) atoms. The molecule has 0 saturated heterocycles. The van der Waals surface area contributed by atoms with E-state index in [9.17, 15) is 18.0 Å². The van der Waals surface area contributed by atoms with Gasteiger partial charge in [-0.1, -0.05) is 36.4 Å². The summed E-state index contributed by atoms with van der Waals surface area (Å²) in [4.78, 5) is 24.9. The number of amides is 2. The second-order valence-corrected chi connectivity index (χ2v) is 9.60. The molecule has 0 radical (unpaired) electrons. The lowest BCUT2D eigenvalue weighted by molar-refractivity contribution is -0.116. The molecule has 0 heterocycles. The molecule has 9 heteroatoms. The Balaban J connectivity index is 1.72. The number of carbonyl (C=O) groups excluding carboxylic acids is 2. The highest BCUT2D eigenvalue weighted by molar-refractivity contribution is 7.92. The number of para-hydroxylation sites is 1. The molecule has 0 saturated carbocycles. The van der Waals surface area contributed by atoms with E-state index in [4.69, 9.17) is 4.74 Å². The largest absolute Gasteiger partial charge is 0.495 e. The quantitative estimate of drug-likeness (QED) is 0.443. The van der Waals surface area contributed by atoms with E-state index in [-0.39, 0.29) is 36.0 Å². The number of hydrogen-bond acceptors (Lipinski definition) is 5. The molecule has 184 valence electrons. The first-order valence-corrected chi connectivity index (χ1v) is 12.6. The van der Waals surface area contributed by atoms with Crippen molar-refractivity contribution in [3.63, 3.8) is 0 Å². The Morgan fingerprint density at radius 2 is 1.66 bits per heavy atom. The van der Waals surface area contributed by atoms with E-state index >= 15 is 0 Å². The van der Waals surface area contributed by atoms with E-state index in [2.05, 4.69) is 10.6 Å². The van der Waals surface area contributed by atoms with Crippen LogP contribution in [0, 0.1) is 6.92 Å². The molecule has 0 atom stereocenters. The Labute approximate surface area is 206 Å². The van der Waals surface area contributed by atoms with E-state index < -0.39 is 15.9 Å². The van der Waals surface area contributed by atoms with Gasteiger partial charge in [-0.15, -0.1) is 0 Å². The lowest BCUT2D eigenvalue weighted by Crippen LogP contribution is -2.31. The van der Waals surface area contributed by atoms with Gasteiger partial charge in [-0.3, -0.25) is 13.9 Å². The summed E-state index contributed by atoms with van der Waals surface area (Å²) in [6, 6.07) is 20.3. The predicted molar refractivity (Wildman–Crippen MR) is 136 cm³/mol. The average molecular weight is 496 g/mol. The molecule has 0 aliphatic heterocycles. The van der Waals surface area contributed by atoms with Crippen LogP contribution in [0.4, 0.5) is 11.4 Å². The topological polar surface area (TPSA) is 105 Å². The normalized spacial score (nSPS) is 10.9. The third-order valence-electron chi connectivity index (χ3n) is 5.39. The molecule has 0 fully saturated rings. The molecule has 8 nitrogen and oxygen atoms in total. The van der Waals surface area contributed by atoms with Crippen molar-refractivity contribution in [2.75, 3.05) is 29.8 Å². The number of nitrogens with one attached hydrogen (secondary N) is 2. The maximum Gasteiger partial charge on any atom is 0.264 e. The molecule has 0 bridgehead atoms. The number of methoxy groups -OCH3 is 1. The van der Waals surface area contributed by atoms with Gasteiger partial charge in [-0.25, -0.2) is 8.42 Å². The van der Waals surface area contributed by atoms with Crippen molar-refractivity contribution in [1.82, 2.24) is 5.32 Å². The molecular weight excluding hydrogens is 466 g/mol. The minimum Gasteiger partial charge on any atom is -0.495 e. The van der Waals surface area contributed by atoms with Crippen LogP contribution in [0.3, 0.4) is 0 Å². The first-order valence-electron chi connectivity index (χ1n) is 11.2. The zero-order valence-electron chi connectivity index (χ0n) is 19.9. The van der Waals surface area contributed by atoms with Crippen LogP contribution in [0.1, 0.15) is 29.3 Å². The number of benzene rings is 3. The third-order valence-corrected chi connectivity index (χ3v) is 7.29. The van der Waals surface area contributed by atoms with Gasteiger partial charge in [-0.2, -0.15) is 0 Å². The van der Waals surface area contributed by atoms with Crippen LogP contribution in [0.5, 0.6) is 5.75 Å². The van der Waals surface area contributed by atoms with Crippen molar-refractivity contribution in [3.8, 4) is 5.75 Å². The van der Waals surface area contributed by atoms with Crippen molar-refractivity contribution in [2.45, 2.75) is 25.2 Å². The maximum atomic E-state index is 13.3. The lowest BCUT2D eigenvalue weighted by atomic mass is 10.1.